The lowest BCUT2D eigenvalue weighted by atomic mass is 9.89. The second kappa shape index (κ2) is 10.1. The van der Waals surface area contributed by atoms with Gasteiger partial charge in [0.25, 0.3) is 0 Å². The average Bonchev–Trinajstić information content (AvgIpc) is 3.31. The summed E-state index contributed by atoms with van der Waals surface area (Å²) in [6.07, 6.45) is 6.55. The predicted octanol–water partition coefficient (Wildman–Crippen LogP) is 3.58. The maximum absolute atomic E-state index is 12.2. The average molecular weight is 434 g/mol. The Hall–Kier alpha value is -2.29. The van der Waals surface area contributed by atoms with Gasteiger partial charge in [0.05, 0.1) is 17.2 Å². The van der Waals surface area contributed by atoms with Crippen LogP contribution in [0.15, 0.2) is 9.90 Å². The third-order valence-corrected chi connectivity index (χ3v) is 6.56. The molecule has 0 radical (unpaired) electrons. The van der Waals surface area contributed by atoms with Gasteiger partial charge in [0.1, 0.15) is 5.54 Å². The fourth-order valence-electron chi connectivity index (χ4n) is 3.79. The Morgan fingerprint density at radius 1 is 1.20 bits per heavy atom. The van der Waals surface area contributed by atoms with Crippen molar-refractivity contribution in [3.8, 4) is 0 Å². The summed E-state index contributed by atoms with van der Waals surface area (Å²) < 4.78 is 5.41. The molecule has 30 heavy (non-hydrogen) atoms. The van der Waals surface area contributed by atoms with Gasteiger partial charge in [-0.2, -0.15) is 4.98 Å². The van der Waals surface area contributed by atoms with Gasteiger partial charge in [-0.25, -0.2) is 4.98 Å². The maximum atomic E-state index is 12.2. The molecule has 2 aromatic heterocycles. The number of aryl methyl sites for hydroxylation is 1. The molecule has 2 aromatic rings. The number of thiazole rings is 1. The lowest BCUT2D eigenvalue weighted by Gasteiger charge is -2.30. The number of nitrogens with one attached hydrogen (secondary N) is 2. The van der Waals surface area contributed by atoms with E-state index in [9.17, 15) is 9.59 Å². The van der Waals surface area contributed by atoms with E-state index >= 15 is 0 Å². The summed E-state index contributed by atoms with van der Waals surface area (Å²) in [6, 6.07) is 0. The van der Waals surface area contributed by atoms with E-state index in [0.717, 1.165) is 49.2 Å². The minimum Gasteiger partial charge on any atom is -0.350 e. The molecule has 2 amide bonds. The summed E-state index contributed by atoms with van der Waals surface area (Å²) in [5.41, 5.74) is 0.313. The lowest BCUT2D eigenvalue weighted by Crippen LogP contribution is -2.45. The van der Waals surface area contributed by atoms with E-state index < -0.39 is 5.54 Å². The van der Waals surface area contributed by atoms with Gasteiger partial charge in [-0.15, -0.1) is 11.3 Å². The first-order valence-electron chi connectivity index (χ1n) is 10.7. The molecule has 1 aliphatic carbocycles. The van der Waals surface area contributed by atoms with Crippen molar-refractivity contribution in [2.75, 3.05) is 0 Å². The zero-order chi connectivity index (χ0) is 21.6. The lowest BCUT2D eigenvalue weighted by molar-refractivity contribution is -0.122. The minimum atomic E-state index is -0.564. The predicted molar refractivity (Wildman–Crippen MR) is 114 cm³/mol. The van der Waals surface area contributed by atoms with Crippen molar-refractivity contribution in [3.05, 3.63) is 27.8 Å². The van der Waals surface area contributed by atoms with Crippen LogP contribution in [0.4, 0.5) is 0 Å². The van der Waals surface area contributed by atoms with E-state index in [1.54, 1.807) is 11.3 Å². The van der Waals surface area contributed by atoms with Crippen molar-refractivity contribution in [3.63, 3.8) is 0 Å². The van der Waals surface area contributed by atoms with Crippen LogP contribution in [-0.2, 0) is 28.1 Å². The van der Waals surface area contributed by atoms with Gasteiger partial charge < -0.3 is 15.2 Å². The van der Waals surface area contributed by atoms with Gasteiger partial charge in [-0.3, -0.25) is 9.59 Å². The summed E-state index contributed by atoms with van der Waals surface area (Å²) in [5, 5.41) is 13.2. The highest BCUT2D eigenvalue weighted by molar-refractivity contribution is 7.09. The van der Waals surface area contributed by atoms with E-state index in [0.29, 0.717) is 30.6 Å². The number of carbonyl (C=O) groups is 2. The minimum absolute atomic E-state index is 0.0834. The number of amides is 2. The van der Waals surface area contributed by atoms with Gasteiger partial charge >= 0.3 is 0 Å². The largest absolute Gasteiger partial charge is 0.350 e. The molecule has 0 unspecified atom stereocenters. The molecule has 9 heteroatoms. The Morgan fingerprint density at radius 3 is 2.57 bits per heavy atom. The number of nitrogens with zero attached hydrogens (tertiary/aromatic N) is 3. The molecule has 1 aliphatic rings. The molecule has 3 rings (SSSR count). The van der Waals surface area contributed by atoms with Crippen LogP contribution in [-0.4, -0.2) is 26.9 Å². The van der Waals surface area contributed by atoms with E-state index in [2.05, 4.69) is 39.6 Å². The van der Waals surface area contributed by atoms with Crippen molar-refractivity contribution >= 4 is 23.2 Å². The number of rotatable bonds is 8. The normalized spacial score (nSPS) is 16.3. The van der Waals surface area contributed by atoms with Crippen LogP contribution in [0.3, 0.4) is 0 Å². The molecule has 0 atom stereocenters. The highest BCUT2D eigenvalue weighted by Crippen LogP contribution is 2.34. The summed E-state index contributed by atoms with van der Waals surface area (Å²) in [6.45, 7) is 6.14. The third kappa shape index (κ3) is 5.87. The first-order valence-corrected chi connectivity index (χ1v) is 11.6. The summed E-state index contributed by atoms with van der Waals surface area (Å²) >= 11 is 1.62. The van der Waals surface area contributed by atoms with E-state index in [1.165, 1.54) is 6.92 Å². The summed E-state index contributed by atoms with van der Waals surface area (Å²) in [4.78, 5) is 33.1. The molecule has 0 aliphatic heterocycles. The van der Waals surface area contributed by atoms with E-state index in [-0.39, 0.29) is 18.2 Å². The third-order valence-electron chi connectivity index (χ3n) is 5.36. The zero-order valence-corrected chi connectivity index (χ0v) is 18.8. The maximum Gasteiger partial charge on any atom is 0.227 e. The van der Waals surface area contributed by atoms with E-state index in [4.69, 9.17) is 4.52 Å². The molecule has 8 nitrogen and oxygen atoms in total. The Kier molecular flexibility index (Phi) is 7.58. The smallest absolute Gasteiger partial charge is 0.227 e. The van der Waals surface area contributed by atoms with Gasteiger partial charge in [0, 0.05) is 31.1 Å². The van der Waals surface area contributed by atoms with Crippen molar-refractivity contribution < 1.29 is 14.1 Å². The molecule has 0 bridgehead atoms. The standard InChI is InChI=1S/C21H31N5O3S/c1-14(2)19-23-16(13-30-19)12-22-17(28)8-9-18-24-20(26-29-18)21(25-15(3)27)10-6-4-5-7-11-21/h13-14H,4-12H2,1-3H3,(H,22,28)(H,25,27). The number of hydrogen-bond donors (Lipinski definition) is 2. The topological polar surface area (TPSA) is 110 Å². The Labute approximate surface area is 181 Å². The highest BCUT2D eigenvalue weighted by atomic mass is 32.1. The monoisotopic (exact) mass is 433 g/mol. The molecular weight excluding hydrogens is 402 g/mol. The Morgan fingerprint density at radius 2 is 1.93 bits per heavy atom. The second-order valence-corrected chi connectivity index (χ2v) is 9.19. The van der Waals surface area contributed by atoms with Gasteiger partial charge in [-0.1, -0.05) is 44.7 Å². The molecule has 2 N–H and O–H groups in total. The fourth-order valence-corrected chi connectivity index (χ4v) is 4.63. The number of carbonyl (C=O) groups excluding carboxylic acids is 2. The summed E-state index contributed by atoms with van der Waals surface area (Å²) in [7, 11) is 0. The van der Waals surface area contributed by atoms with Crippen molar-refractivity contribution in [1.29, 1.82) is 0 Å². The molecule has 164 valence electrons. The second-order valence-electron chi connectivity index (χ2n) is 8.30. The van der Waals surface area contributed by atoms with Gasteiger partial charge in [0.15, 0.2) is 5.82 Å². The highest BCUT2D eigenvalue weighted by Gasteiger charge is 2.38. The van der Waals surface area contributed by atoms with Crippen molar-refractivity contribution in [2.24, 2.45) is 0 Å². The van der Waals surface area contributed by atoms with Crippen LogP contribution >= 0.6 is 11.3 Å². The van der Waals surface area contributed by atoms with Crippen LogP contribution in [0.2, 0.25) is 0 Å². The van der Waals surface area contributed by atoms with Crippen LogP contribution in [0.1, 0.15) is 94.1 Å². The van der Waals surface area contributed by atoms with Crippen LogP contribution in [0, 0.1) is 0 Å². The fraction of sp³-hybridized carbons (Fsp3) is 0.667. The first kappa shape index (κ1) is 22.4. The summed E-state index contributed by atoms with van der Waals surface area (Å²) in [5.74, 6) is 1.16. The molecule has 0 aromatic carbocycles. The molecule has 1 saturated carbocycles. The number of aromatic nitrogens is 3. The zero-order valence-electron chi connectivity index (χ0n) is 18.0. The van der Waals surface area contributed by atoms with Crippen molar-refractivity contribution in [1.82, 2.24) is 25.8 Å². The number of hydrogen-bond acceptors (Lipinski definition) is 7. The SMILES string of the molecule is CC(=O)NC1(c2noc(CCC(=O)NCc3csc(C(C)C)n3)n2)CCCCCC1. The van der Waals surface area contributed by atoms with Crippen LogP contribution in [0.5, 0.6) is 0 Å². The van der Waals surface area contributed by atoms with Crippen molar-refractivity contribution in [2.45, 2.75) is 90.1 Å². The molecule has 0 saturated heterocycles. The quantitative estimate of drug-likeness (QED) is 0.616. The van der Waals surface area contributed by atoms with E-state index in [1.807, 2.05) is 5.38 Å². The Bertz CT molecular complexity index is 852. The molecule has 2 heterocycles. The first-order chi connectivity index (χ1) is 14.4. The molecular formula is C21H31N5O3S. The Balaban J connectivity index is 1.54. The van der Waals surface area contributed by atoms with Crippen LogP contribution < -0.4 is 10.6 Å². The molecule has 0 spiro atoms. The van der Waals surface area contributed by atoms with Gasteiger partial charge in [0.2, 0.25) is 17.7 Å². The molecule has 1 fully saturated rings. The van der Waals surface area contributed by atoms with Crippen LogP contribution in [0.25, 0.3) is 0 Å². The van der Waals surface area contributed by atoms with Gasteiger partial charge in [-0.05, 0) is 12.8 Å².